The van der Waals surface area contributed by atoms with Crippen LogP contribution >= 0.6 is 0 Å². The minimum Gasteiger partial charge on any atom is -0.392 e. The van der Waals surface area contributed by atoms with Crippen molar-refractivity contribution in [3.8, 4) is 0 Å². The standard InChI is InChI=1S/C14H23N3O/c1-10-14(16-9-8-15-10)11(2)17-12-6-4-3-5-7-13(12)18/h8-9,11-13,17-18H,3-7H2,1-2H3. The Balaban J connectivity index is 2.02. The molecule has 1 aromatic rings. The number of nitrogens with one attached hydrogen (secondary N) is 1. The fraction of sp³-hybridized carbons (Fsp3) is 0.714. The molecule has 0 radical (unpaired) electrons. The molecule has 0 saturated heterocycles. The Bertz CT molecular complexity index is 383. The average molecular weight is 249 g/mol. The van der Waals surface area contributed by atoms with E-state index in [2.05, 4.69) is 22.2 Å². The van der Waals surface area contributed by atoms with Crippen molar-refractivity contribution in [3.63, 3.8) is 0 Å². The number of aliphatic hydroxyl groups excluding tert-OH is 1. The highest BCUT2D eigenvalue weighted by Crippen LogP contribution is 2.21. The van der Waals surface area contributed by atoms with Crippen molar-refractivity contribution < 1.29 is 5.11 Å². The van der Waals surface area contributed by atoms with E-state index in [1.807, 2.05) is 6.92 Å². The molecule has 1 aliphatic carbocycles. The minimum absolute atomic E-state index is 0.136. The molecule has 0 spiro atoms. The summed E-state index contributed by atoms with van der Waals surface area (Å²) in [6, 6.07) is 0.320. The molecule has 4 heteroatoms. The molecule has 1 heterocycles. The molecule has 0 aromatic carbocycles. The van der Waals surface area contributed by atoms with Gasteiger partial charge < -0.3 is 10.4 Å². The molecule has 2 rings (SSSR count). The van der Waals surface area contributed by atoms with E-state index in [9.17, 15) is 5.11 Å². The molecule has 1 aliphatic rings. The summed E-state index contributed by atoms with van der Waals surface area (Å²) in [5.74, 6) is 0. The SMILES string of the molecule is Cc1nccnc1C(C)NC1CCCCCC1O. The van der Waals surface area contributed by atoms with Gasteiger partial charge in [0, 0.05) is 24.5 Å². The summed E-state index contributed by atoms with van der Waals surface area (Å²) in [5.41, 5.74) is 1.94. The second-order valence-electron chi connectivity index (χ2n) is 5.23. The van der Waals surface area contributed by atoms with Crippen LogP contribution in [0.15, 0.2) is 12.4 Å². The lowest BCUT2D eigenvalue weighted by Crippen LogP contribution is -2.40. The van der Waals surface area contributed by atoms with E-state index >= 15 is 0 Å². The molecule has 1 aromatic heterocycles. The average Bonchev–Trinajstić information content (AvgIpc) is 2.55. The van der Waals surface area contributed by atoms with Gasteiger partial charge in [-0.25, -0.2) is 0 Å². The van der Waals surface area contributed by atoms with Crippen LogP contribution in [-0.4, -0.2) is 27.2 Å². The van der Waals surface area contributed by atoms with E-state index in [1.165, 1.54) is 12.8 Å². The number of hydrogen-bond donors (Lipinski definition) is 2. The predicted octanol–water partition coefficient (Wildman–Crippen LogP) is 2.13. The Hall–Kier alpha value is -1.00. The molecule has 18 heavy (non-hydrogen) atoms. The highest BCUT2D eigenvalue weighted by Gasteiger charge is 2.24. The van der Waals surface area contributed by atoms with Crippen LogP contribution < -0.4 is 5.32 Å². The number of hydrogen-bond acceptors (Lipinski definition) is 4. The largest absolute Gasteiger partial charge is 0.392 e. The second-order valence-corrected chi connectivity index (χ2v) is 5.23. The Labute approximate surface area is 109 Å². The van der Waals surface area contributed by atoms with Crippen molar-refractivity contribution in [1.82, 2.24) is 15.3 Å². The maximum Gasteiger partial charge on any atom is 0.0782 e. The van der Waals surface area contributed by atoms with Gasteiger partial charge in [0.1, 0.15) is 0 Å². The quantitative estimate of drug-likeness (QED) is 0.806. The Morgan fingerprint density at radius 1 is 1.22 bits per heavy atom. The first kappa shape index (κ1) is 13.4. The Morgan fingerprint density at radius 3 is 2.72 bits per heavy atom. The smallest absolute Gasteiger partial charge is 0.0782 e. The first-order valence-electron chi connectivity index (χ1n) is 6.90. The lowest BCUT2D eigenvalue weighted by Gasteiger charge is -2.26. The van der Waals surface area contributed by atoms with Gasteiger partial charge in [0.15, 0.2) is 0 Å². The fourth-order valence-corrected chi connectivity index (χ4v) is 2.73. The van der Waals surface area contributed by atoms with Gasteiger partial charge in [-0.05, 0) is 26.7 Å². The monoisotopic (exact) mass is 249 g/mol. The molecule has 1 saturated carbocycles. The maximum absolute atomic E-state index is 10.1. The lowest BCUT2D eigenvalue weighted by molar-refractivity contribution is 0.114. The van der Waals surface area contributed by atoms with Crippen LogP contribution in [0.5, 0.6) is 0 Å². The summed E-state index contributed by atoms with van der Waals surface area (Å²) in [4.78, 5) is 8.65. The number of aromatic nitrogens is 2. The van der Waals surface area contributed by atoms with Crippen LogP contribution in [0, 0.1) is 6.92 Å². The fourth-order valence-electron chi connectivity index (χ4n) is 2.73. The highest BCUT2D eigenvalue weighted by molar-refractivity contribution is 5.12. The number of aryl methyl sites for hydroxylation is 1. The number of rotatable bonds is 3. The van der Waals surface area contributed by atoms with Crippen molar-refractivity contribution in [3.05, 3.63) is 23.8 Å². The molecule has 0 bridgehead atoms. The number of aliphatic hydroxyl groups is 1. The van der Waals surface area contributed by atoms with E-state index in [0.29, 0.717) is 0 Å². The molecule has 1 fully saturated rings. The van der Waals surface area contributed by atoms with Gasteiger partial charge in [-0.1, -0.05) is 19.3 Å². The topological polar surface area (TPSA) is 58.0 Å². The van der Waals surface area contributed by atoms with Crippen molar-refractivity contribution in [2.45, 2.75) is 64.1 Å². The zero-order chi connectivity index (χ0) is 13.0. The molecule has 4 nitrogen and oxygen atoms in total. The summed E-state index contributed by atoms with van der Waals surface area (Å²) in [7, 11) is 0. The van der Waals surface area contributed by atoms with Crippen LogP contribution in [0.3, 0.4) is 0 Å². The summed E-state index contributed by atoms with van der Waals surface area (Å²) in [6.45, 7) is 4.07. The van der Waals surface area contributed by atoms with E-state index in [1.54, 1.807) is 12.4 Å². The van der Waals surface area contributed by atoms with E-state index in [4.69, 9.17) is 0 Å². The van der Waals surface area contributed by atoms with Gasteiger partial charge in [-0.2, -0.15) is 0 Å². The minimum atomic E-state index is -0.230. The second kappa shape index (κ2) is 6.25. The molecular weight excluding hydrogens is 226 g/mol. The third-order valence-electron chi connectivity index (χ3n) is 3.77. The first-order chi connectivity index (χ1) is 8.68. The molecule has 3 atom stereocenters. The van der Waals surface area contributed by atoms with Crippen LogP contribution in [0.4, 0.5) is 0 Å². The lowest BCUT2D eigenvalue weighted by atomic mass is 10.0. The molecule has 2 N–H and O–H groups in total. The van der Waals surface area contributed by atoms with Crippen LogP contribution in [0.25, 0.3) is 0 Å². The van der Waals surface area contributed by atoms with Gasteiger partial charge in [0.2, 0.25) is 0 Å². The van der Waals surface area contributed by atoms with Crippen LogP contribution in [0.2, 0.25) is 0 Å². The van der Waals surface area contributed by atoms with Crippen molar-refractivity contribution in [1.29, 1.82) is 0 Å². The normalized spacial score (nSPS) is 26.6. The third-order valence-corrected chi connectivity index (χ3v) is 3.77. The van der Waals surface area contributed by atoms with Crippen molar-refractivity contribution in [2.24, 2.45) is 0 Å². The van der Waals surface area contributed by atoms with Gasteiger partial charge in [0.25, 0.3) is 0 Å². The molecular formula is C14H23N3O. The van der Waals surface area contributed by atoms with Crippen LogP contribution in [0.1, 0.15) is 56.5 Å². The Kier molecular flexibility index (Phi) is 4.66. The summed E-state index contributed by atoms with van der Waals surface area (Å²) in [6.07, 6.45) is 8.73. The molecule has 0 amide bonds. The van der Waals surface area contributed by atoms with E-state index in [0.717, 1.165) is 30.7 Å². The van der Waals surface area contributed by atoms with E-state index < -0.39 is 0 Å². The maximum atomic E-state index is 10.1. The van der Waals surface area contributed by atoms with E-state index in [-0.39, 0.29) is 18.2 Å². The van der Waals surface area contributed by atoms with Gasteiger partial charge in [-0.15, -0.1) is 0 Å². The molecule has 100 valence electrons. The zero-order valence-electron chi connectivity index (χ0n) is 11.3. The summed E-state index contributed by atoms with van der Waals surface area (Å²) >= 11 is 0. The Morgan fingerprint density at radius 2 is 1.94 bits per heavy atom. The molecule has 0 aliphatic heterocycles. The summed E-state index contributed by atoms with van der Waals surface area (Å²) in [5, 5.41) is 13.6. The molecule has 3 unspecified atom stereocenters. The van der Waals surface area contributed by atoms with Gasteiger partial charge in [0.05, 0.1) is 17.5 Å². The third kappa shape index (κ3) is 3.27. The zero-order valence-corrected chi connectivity index (χ0v) is 11.3. The van der Waals surface area contributed by atoms with Gasteiger partial charge >= 0.3 is 0 Å². The summed E-state index contributed by atoms with van der Waals surface area (Å²) < 4.78 is 0. The highest BCUT2D eigenvalue weighted by atomic mass is 16.3. The first-order valence-corrected chi connectivity index (χ1v) is 6.90. The van der Waals surface area contributed by atoms with Crippen molar-refractivity contribution >= 4 is 0 Å². The predicted molar refractivity (Wildman–Crippen MR) is 71.2 cm³/mol. The van der Waals surface area contributed by atoms with Gasteiger partial charge in [-0.3, -0.25) is 9.97 Å². The number of nitrogens with zero attached hydrogens (tertiary/aromatic N) is 2. The van der Waals surface area contributed by atoms with Crippen LogP contribution in [-0.2, 0) is 0 Å². The van der Waals surface area contributed by atoms with Crippen molar-refractivity contribution in [2.75, 3.05) is 0 Å².